The van der Waals surface area contributed by atoms with Gasteiger partial charge in [0.05, 0.1) is 12.6 Å². The molecule has 32 heavy (non-hydrogen) atoms. The van der Waals surface area contributed by atoms with E-state index in [1.807, 2.05) is 25.1 Å². The average Bonchev–Trinajstić information content (AvgIpc) is 3.27. The van der Waals surface area contributed by atoms with E-state index in [0.29, 0.717) is 24.8 Å². The Kier molecular flexibility index (Phi) is 10.7. The molecule has 1 amide bonds. The Morgan fingerprint density at radius 1 is 1.25 bits per heavy atom. The van der Waals surface area contributed by atoms with Gasteiger partial charge in [0.15, 0.2) is 5.96 Å². The minimum atomic E-state index is -0.404. The van der Waals surface area contributed by atoms with E-state index in [-0.39, 0.29) is 42.5 Å². The summed E-state index contributed by atoms with van der Waals surface area (Å²) in [6.07, 6.45) is 2.24. The molecule has 0 aliphatic carbocycles. The molecular formula is C23H30FIN4O3. The Hall–Kier alpha value is -2.40. The van der Waals surface area contributed by atoms with Gasteiger partial charge in [0.1, 0.15) is 18.2 Å². The molecule has 0 saturated carbocycles. The molecular weight excluding hydrogens is 526 g/mol. The molecule has 9 heteroatoms. The van der Waals surface area contributed by atoms with Crippen LogP contribution in [-0.2, 0) is 16.1 Å². The summed E-state index contributed by atoms with van der Waals surface area (Å²) in [4.78, 5) is 16.3. The number of aryl methyl sites for hydroxylation is 1. The van der Waals surface area contributed by atoms with E-state index in [0.717, 1.165) is 36.3 Å². The quantitative estimate of drug-likeness (QED) is 0.263. The Balaban J connectivity index is 0.00000363. The van der Waals surface area contributed by atoms with Crippen molar-refractivity contribution in [2.24, 2.45) is 4.99 Å². The monoisotopic (exact) mass is 556 g/mol. The number of nitrogens with one attached hydrogen (secondary N) is 3. The van der Waals surface area contributed by atoms with Crippen molar-refractivity contribution in [2.75, 3.05) is 32.1 Å². The van der Waals surface area contributed by atoms with E-state index in [1.54, 1.807) is 19.2 Å². The van der Waals surface area contributed by atoms with E-state index < -0.39 is 5.82 Å². The third-order valence-corrected chi connectivity index (χ3v) is 4.87. The normalized spacial score (nSPS) is 15.6. The Labute approximate surface area is 205 Å². The van der Waals surface area contributed by atoms with E-state index in [9.17, 15) is 9.18 Å². The minimum absolute atomic E-state index is 0. The fourth-order valence-electron chi connectivity index (χ4n) is 3.24. The predicted molar refractivity (Wildman–Crippen MR) is 134 cm³/mol. The lowest BCUT2D eigenvalue weighted by Crippen LogP contribution is -2.41. The van der Waals surface area contributed by atoms with Crippen molar-refractivity contribution >= 4 is 41.5 Å². The van der Waals surface area contributed by atoms with Crippen molar-refractivity contribution in [3.05, 3.63) is 59.4 Å². The van der Waals surface area contributed by atoms with Crippen LogP contribution >= 0.6 is 24.0 Å². The summed E-state index contributed by atoms with van der Waals surface area (Å²) in [7, 11) is 1.63. The zero-order valence-corrected chi connectivity index (χ0v) is 20.6. The Morgan fingerprint density at radius 2 is 2.09 bits per heavy atom. The number of carbonyl (C=O) groups is 1. The van der Waals surface area contributed by atoms with Crippen molar-refractivity contribution < 1.29 is 18.7 Å². The third kappa shape index (κ3) is 8.27. The lowest BCUT2D eigenvalue weighted by Gasteiger charge is -2.17. The summed E-state index contributed by atoms with van der Waals surface area (Å²) in [6.45, 7) is 3.82. The maximum Gasteiger partial charge on any atom is 0.243 e. The van der Waals surface area contributed by atoms with Crippen LogP contribution in [0.4, 0.5) is 10.1 Å². The minimum Gasteiger partial charge on any atom is -0.491 e. The predicted octanol–water partition coefficient (Wildman–Crippen LogP) is 3.61. The number of carbonyl (C=O) groups excluding carboxylic acids is 1. The van der Waals surface area contributed by atoms with Gasteiger partial charge in [-0.15, -0.1) is 24.0 Å². The van der Waals surface area contributed by atoms with Crippen LogP contribution in [0.5, 0.6) is 5.75 Å². The molecule has 1 aliphatic rings. The molecule has 0 spiro atoms. The van der Waals surface area contributed by atoms with Gasteiger partial charge in [0.25, 0.3) is 0 Å². The zero-order chi connectivity index (χ0) is 22.1. The van der Waals surface area contributed by atoms with Crippen LogP contribution in [0.1, 0.15) is 24.0 Å². The summed E-state index contributed by atoms with van der Waals surface area (Å²) in [5.41, 5.74) is 2.50. The molecule has 0 bridgehead atoms. The Bertz CT molecular complexity index is 920. The van der Waals surface area contributed by atoms with Crippen LogP contribution in [0.2, 0.25) is 0 Å². The second kappa shape index (κ2) is 13.2. The number of benzene rings is 2. The second-order valence-electron chi connectivity index (χ2n) is 7.40. The van der Waals surface area contributed by atoms with Crippen molar-refractivity contribution in [1.82, 2.24) is 10.6 Å². The molecule has 2 aromatic rings. The standard InChI is InChI=1S/C23H29FN4O3.HI/c1-16-8-9-17(21(11-16)31-15-20-7-4-10-30-20)13-26-23(25-2)27-14-22(29)28-19-6-3-5-18(24)12-19;/h3,5-6,8-9,11-12,20H,4,7,10,13-15H2,1-2H3,(H,28,29)(H2,25,26,27);1H. The van der Waals surface area contributed by atoms with E-state index >= 15 is 0 Å². The van der Waals surface area contributed by atoms with Crippen LogP contribution in [-0.4, -0.2) is 44.8 Å². The van der Waals surface area contributed by atoms with Crippen molar-refractivity contribution in [3.8, 4) is 5.75 Å². The van der Waals surface area contributed by atoms with Crippen molar-refractivity contribution in [3.63, 3.8) is 0 Å². The number of aliphatic imine (C=N–C) groups is 1. The lowest BCUT2D eigenvalue weighted by molar-refractivity contribution is -0.115. The van der Waals surface area contributed by atoms with Crippen LogP contribution in [0, 0.1) is 12.7 Å². The molecule has 1 unspecified atom stereocenters. The molecule has 174 valence electrons. The molecule has 1 aliphatic heterocycles. The first-order valence-corrected chi connectivity index (χ1v) is 10.4. The summed E-state index contributed by atoms with van der Waals surface area (Å²) < 4.78 is 24.9. The highest BCUT2D eigenvalue weighted by Crippen LogP contribution is 2.22. The molecule has 3 N–H and O–H groups in total. The average molecular weight is 556 g/mol. The molecule has 1 saturated heterocycles. The van der Waals surface area contributed by atoms with Gasteiger partial charge in [-0.1, -0.05) is 18.2 Å². The molecule has 0 radical (unpaired) electrons. The molecule has 1 heterocycles. The number of anilines is 1. The molecule has 3 rings (SSSR count). The first-order valence-electron chi connectivity index (χ1n) is 10.4. The molecule has 0 aromatic heterocycles. The maximum atomic E-state index is 13.2. The molecule has 1 atom stereocenters. The topological polar surface area (TPSA) is 84.0 Å². The fourth-order valence-corrected chi connectivity index (χ4v) is 3.24. The van der Waals surface area contributed by atoms with Gasteiger partial charge in [-0.25, -0.2) is 4.39 Å². The van der Waals surface area contributed by atoms with Crippen LogP contribution in [0.25, 0.3) is 0 Å². The fraction of sp³-hybridized carbons (Fsp3) is 0.391. The molecule has 2 aromatic carbocycles. The van der Waals surface area contributed by atoms with Gasteiger partial charge in [-0.05, 0) is 49.6 Å². The van der Waals surface area contributed by atoms with Crippen molar-refractivity contribution in [1.29, 1.82) is 0 Å². The lowest BCUT2D eigenvalue weighted by atomic mass is 10.1. The number of hydrogen-bond donors (Lipinski definition) is 3. The van der Waals surface area contributed by atoms with Gasteiger partial charge >= 0.3 is 0 Å². The summed E-state index contributed by atoms with van der Waals surface area (Å²) in [5, 5.41) is 8.78. The van der Waals surface area contributed by atoms with Crippen LogP contribution in [0.15, 0.2) is 47.5 Å². The largest absolute Gasteiger partial charge is 0.491 e. The number of amides is 1. The SMILES string of the molecule is CN=C(NCC(=O)Nc1cccc(F)c1)NCc1ccc(C)cc1OCC1CCCO1.I. The van der Waals surface area contributed by atoms with E-state index in [4.69, 9.17) is 9.47 Å². The zero-order valence-electron chi connectivity index (χ0n) is 18.3. The van der Waals surface area contributed by atoms with Crippen LogP contribution < -0.4 is 20.7 Å². The van der Waals surface area contributed by atoms with Crippen LogP contribution in [0.3, 0.4) is 0 Å². The van der Waals surface area contributed by atoms with Gasteiger partial charge in [0, 0.05) is 31.5 Å². The maximum absolute atomic E-state index is 13.2. The highest BCUT2D eigenvalue weighted by Gasteiger charge is 2.17. The highest BCUT2D eigenvalue weighted by molar-refractivity contribution is 14.0. The highest BCUT2D eigenvalue weighted by atomic mass is 127. The van der Waals surface area contributed by atoms with Gasteiger partial charge < -0.3 is 25.4 Å². The van der Waals surface area contributed by atoms with E-state index in [1.165, 1.54) is 12.1 Å². The summed E-state index contributed by atoms with van der Waals surface area (Å²) >= 11 is 0. The van der Waals surface area contributed by atoms with E-state index in [2.05, 4.69) is 20.9 Å². The van der Waals surface area contributed by atoms with Gasteiger partial charge in [-0.3, -0.25) is 9.79 Å². The Morgan fingerprint density at radius 3 is 2.81 bits per heavy atom. The number of rotatable bonds is 8. The van der Waals surface area contributed by atoms with Gasteiger partial charge in [0.2, 0.25) is 5.91 Å². The first kappa shape index (κ1) is 25.9. The molecule has 7 nitrogen and oxygen atoms in total. The molecule has 1 fully saturated rings. The first-order chi connectivity index (χ1) is 15.0. The number of nitrogens with zero attached hydrogens (tertiary/aromatic N) is 1. The smallest absolute Gasteiger partial charge is 0.243 e. The van der Waals surface area contributed by atoms with Crippen molar-refractivity contribution in [2.45, 2.75) is 32.4 Å². The summed E-state index contributed by atoms with van der Waals surface area (Å²) in [5.74, 6) is 0.575. The number of halogens is 2. The van der Waals surface area contributed by atoms with Gasteiger partial charge in [-0.2, -0.15) is 0 Å². The third-order valence-electron chi connectivity index (χ3n) is 4.87. The number of ether oxygens (including phenoxy) is 2. The second-order valence-corrected chi connectivity index (χ2v) is 7.40. The number of guanidine groups is 1. The number of hydrogen-bond acceptors (Lipinski definition) is 4. The summed E-state index contributed by atoms with van der Waals surface area (Å²) in [6, 6.07) is 11.8.